The Morgan fingerprint density at radius 1 is 1.24 bits per heavy atom. The predicted molar refractivity (Wildman–Crippen MR) is 117 cm³/mol. The third kappa shape index (κ3) is 5.21. The van der Waals surface area contributed by atoms with E-state index in [2.05, 4.69) is 5.32 Å². The normalized spacial score (nSPS) is 15.3. The van der Waals surface area contributed by atoms with Crippen LogP contribution >= 0.6 is 24.0 Å². The van der Waals surface area contributed by atoms with E-state index in [-0.39, 0.29) is 30.3 Å². The Kier molecular flexibility index (Phi) is 6.66. The van der Waals surface area contributed by atoms with Gasteiger partial charge in [-0.25, -0.2) is 4.39 Å². The van der Waals surface area contributed by atoms with Gasteiger partial charge in [-0.15, -0.1) is 0 Å². The maximum atomic E-state index is 12.9. The van der Waals surface area contributed by atoms with E-state index >= 15 is 0 Å². The van der Waals surface area contributed by atoms with Gasteiger partial charge < -0.3 is 10.1 Å². The van der Waals surface area contributed by atoms with Crippen molar-refractivity contribution in [3.05, 3.63) is 64.8 Å². The average Bonchev–Trinajstić information content (AvgIpc) is 2.96. The number of para-hydroxylation sites is 1. The number of hydrogen-bond donors (Lipinski definition) is 1. The number of halogens is 1. The second-order valence-electron chi connectivity index (χ2n) is 6.53. The molecule has 1 saturated heterocycles. The van der Waals surface area contributed by atoms with Crippen LogP contribution in [0, 0.1) is 5.82 Å². The number of anilines is 1. The number of amides is 2. The van der Waals surface area contributed by atoms with Crippen LogP contribution in [0.25, 0.3) is 6.08 Å². The number of thioether (sulfide) groups is 1. The highest BCUT2D eigenvalue weighted by Crippen LogP contribution is 2.35. The van der Waals surface area contributed by atoms with Gasteiger partial charge in [-0.05, 0) is 50.3 Å². The fourth-order valence-corrected chi connectivity index (χ4v) is 4.19. The molecule has 1 N–H and O–H groups in total. The van der Waals surface area contributed by atoms with Crippen LogP contribution < -0.4 is 10.1 Å². The van der Waals surface area contributed by atoms with Crippen LogP contribution in [0.3, 0.4) is 0 Å². The predicted octanol–water partition coefficient (Wildman–Crippen LogP) is 4.45. The third-order valence-corrected chi connectivity index (χ3v) is 5.36. The molecule has 8 heteroatoms. The number of nitrogens with one attached hydrogen (secondary N) is 1. The zero-order valence-corrected chi connectivity index (χ0v) is 17.5. The minimum Gasteiger partial charge on any atom is -0.483 e. The molecule has 0 aromatic heterocycles. The Morgan fingerprint density at radius 2 is 1.93 bits per heavy atom. The van der Waals surface area contributed by atoms with Crippen molar-refractivity contribution in [2.24, 2.45) is 0 Å². The maximum absolute atomic E-state index is 12.9. The highest BCUT2D eigenvalue weighted by molar-refractivity contribution is 8.26. The van der Waals surface area contributed by atoms with Crippen LogP contribution in [-0.2, 0) is 9.59 Å². The van der Waals surface area contributed by atoms with Gasteiger partial charge in [-0.2, -0.15) is 0 Å². The van der Waals surface area contributed by atoms with Gasteiger partial charge in [0.1, 0.15) is 15.9 Å². The Bertz CT molecular complexity index is 974. The lowest BCUT2D eigenvalue weighted by molar-refractivity contribution is -0.123. The number of benzene rings is 2. The molecule has 5 nitrogen and oxygen atoms in total. The minimum atomic E-state index is -0.379. The van der Waals surface area contributed by atoms with Crippen molar-refractivity contribution in [1.29, 1.82) is 0 Å². The van der Waals surface area contributed by atoms with Gasteiger partial charge in [-0.3, -0.25) is 14.5 Å². The maximum Gasteiger partial charge on any atom is 0.266 e. The lowest BCUT2D eigenvalue weighted by Crippen LogP contribution is -2.34. The minimum absolute atomic E-state index is 0.0185. The molecule has 0 atom stereocenters. The molecule has 1 heterocycles. The van der Waals surface area contributed by atoms with E-state index in [9.17, 15) is 14.0 Å². The molecule has 1 fully saturated rings. The lowest BCUT2D eigenvalue weighted by Gasteiger charge is -2.18. The topological polar surface area (TPSA) is 58.6 Å². The summed E-state index contributed by atoms with van der Waals surface area (Å²) in [5, 5.41) is 2.64. The molecule has 0 radical (unpaired) electrons. The second kappa shape index (κ2) is 9.19. The highest BCUT2D eigenvalue weighted by Gasteiger charge is 2.33. The summed E-state index contributed by atoms with van der Waals surface area (Å²) < 4.78 is 19.1. The van der Waals surface area contributed by atoms with Crippen LogP contribution in [0.15, 0.2) is 53.4 Å². The first-order valence-corrected chi connectivity index (χ1v) is 10.1. The molecule has 0 aliphatic carbocycles. The highest BCUT2D eigenvalue weighted by atomic mass is 32.2. The third-order valence-electron chi connectivity index (χ3n) is 4.03. The van der Waals surface area contributed by atoms with Crippen LogP contribution in [0.1, 0.15) is 19.4 Å². The quantitative estimate of drug-likeness (QED) is 0.542. The van der Waals surface area contributed by atoms with Crippen molar-refractivity contribution >= 4 is 51.9 Å². The fraction of sp³-hybridized carbons (Fsp3) is 0.190. The summed E-state index contributed by atoms with van der Waals surface area (Å²) in [4.78, 5) is 26.8. The molecule has 2 amide bonds. The van der Waals surface area contributed by atoms with Crippen LogP contribution in [0.5, 0.6) is 5.75 Å². The largest absolute Gasteiger partial charge is 0.483 e. The summed E-state index contributed by atoms with van der Waals surface area (Å²) in [6.07, 6.45) is 1.72. The summed E-state index contributed by atoms with van der Waals surface area (Å²) in [5.41, 5.74) is 1.15. The van der Waals surface area contributed by atoms with Crippen LogP contribution in [-0.4, -0.2) is 33.7 Å². The van der Waals surface area contributed by atoms with Gasteiger partial charge in [0.05, 0.1) is 4.91 Å². The van der Waals surface area contributed by atoms with E-state index in [0.29, 0.717) is 26.2 Å². The number of thiocarbonyl (C=S) groups is 1. The standard InChI is InChI=1S/C21H19FN2O3S2/c1-13(2)24-20(26)18(29-21(24)28)11-14-5-3-4-6-17(14)27-12-19(25)23-16-9-7-15(22)8-10-16/h3-11,13H,12H2,1-2H3,(H,23,25)/b18-11-. The zero-order chi connectivity index (χ0) is 21.0. The molecule has 3 rings (SSSR count). The smallest absolute Gasteiger partial charge is 0.266 e. The van der Waals surface area contributed by atoms with E-state index < -0.39 is 0 Å². The van der Waals surface area contributed by atoms with Gasteiger partial charge in [-0.1, -0.05) is 42.2 Å². The molecular weight excluding hydrogens is 411 g/mol. The molecule has 2 aromatic rings. The first-order valence-electron chi connectivity index (χ1n) is 8.89. The summed E-state index contributed by atoms with van der Waals surface area (Å²) in [6, 6.07) is 12.6. The number of hydrogen-bond acceptors (Lipinski definition) is 5. The Hall–Kier alpha value is -2.71. The van der Waals surface area contributed by atoms with E-state index in [0.717, 1.165) is 0 Å². The summed E-state index contributed by atoms with van der Waals surface area (Å²) in [7, 11) is 0. The first kappa shape index (κ1) is 21.0. The van der Waals surface area contributed by atoms with Crippen LogP contribution in [0.4, 0.5) is 10.1 Å². The van der Waals surface area contributed by atoms with Gasteiger partial charge in [0.2, 0.25) is 0 Å². The summed E-state index contributed by atoms with van der Waals surface area (Å²) in [6.45, 7) is 3.59. The first-order chi connectivity index (χ1) is 13.8. The Morgan fingerprint density at radius 3 is 2.59 bits per heavy atom. The Labute approximate surface area is 177 Å². The Balaban J connectivity index is 1.69. The molecule has 0 spiro atoms. The number of carbonyl (C=O) groups excluding carboxylic acids is 2. The van der Waals surface area contributed by atoms with E-state index in [4.69, 9.17) is 17.0 Å². The molecule has 1 aliphatic rings. The molecule has 0 unspecified atom stereocenters. The van der Waals surface area contributed by atoms with Crippen molar-refractivity contribution in [3.8, 4) is 5.75 Å². The van der Waals surface area contributed by atoms with Crippen molar-refractivity contribution < 1.29 is 18.7 Å². The summed E-state index contributed by atoms with van der Waals surface area (Å²) in [5.74, 6) is -0.427. The molecule has 0 saturated carbocycles. The van der Waals surface area contributed by atoms with E-state index in [1.807, 2.05) is 19.9 Å². The van der Waals surface area contributed by atoms with Gasteiger partial charge in [0, 0.05) is 17.3 Å². The summed E-state index contributed by atoms with van der Waals surface area (Å²) >= 11 is 6.54. The van der Waals surface area contributed by atoms with E-state index in [1.165, 1.54) is 36.0 Å². The number of rotatable bonds is 6. The zero-order valence-electron chi connectivity index (χ0n) is 15.8. The van der Waals surface area contributed by atoms with Crippen LogP contribution in [0.2, 0.25) is 0 Å². The SMILES string of the molecule is CC(C)N1C(=O)/C(=C/c2ccccc2OCC(=O)Nc2ccc(F)cc2)SC1=S. The lowest BCUT2D eigenvalue weighted by atomic mass is 10.2. The van der Waals surface area contributed by atoms with Gasteiger partial charge in [0.15, 0.2) is 6.61 Å². The molecule has 1 aliphatic heterocycles. The van der Waals surface area contributed by atoms with Gasteiger partial charge >= 0.3 is 0 Å². The average molecular weight is 431 g/mol. The second-order valence-corrected chi connectivity index (χ2v) is 8.20. The number of ether oxygens (including phenoxy) is 1. The molecule has 0 bridgehead atoms. The molecule has 29 heavy (non-hydrogen) atoms. The monoisotopic (exact) mass is 430 g/mol. The van der Waals surface area contributed by atoms with Crippen molar-refractivity contribution in [1.82, 2.24) is 4.90 Å². The van der Waals surface area contributed by atoms with Crippen molar-refractivity contribution in [2.75, 3.05) is 11.9 Å². The number of carbonyl (C=O) groups is 2. The molecular formula is C21H19FN2O3S2. The van der Waals surface area contributed by atoms with E-state index in [1.54, 1.807) is 29.2 Å². The van der Waals surface area contributed by atoms with Gasteiger partial charge in [0.25, 0.3) is 11.8 Å². The van der Waals surface area contributed by atoms with Crippen molar-refractivity contribution in [2.45, 2.75) is 19.9 Å². The molecule has 150 valence electrons. The molecule has 2 aromatic carbocycles. The fourth-order valence-electron chi connectivity index (χ4n) is 2.67. The number of nitrogens with zero attached hydrogens (tertiary/aromatic N) is 1. The van der Waals surface area contributed by atoms with Crippen molar-refractivity contribution in [3.63, 3.8) is 0 Å².